The molecule has 0 saturated carbocycles. The second kappa shape index (κ2) is 8.57. The number of aromatic nitrogens is 2. The number of H-pyrrole nitrogens is 1. The maximum absolute atomic E-state index is 12.2. The van der Waals surface area contributed by atoms with Gasteiger partial charge in [-0.15, -0.1) is 0 Å². The third-order valence-corrected chi connectivity index (χ3v) is 3.53. The zero-order valence-electron chi connectivity index (χ0n) is 14.7. The van der Waals surface area contributed by atoms with Gasteiger partial charge in [-0.25, -0.2) is 4.79 Å². The van der Waals surface area contributed by atoms with Crippen molar-refractivity contribution in [2.24, 2.45) is 4.99 Å². The predicted octanol–water partition coefficient (Wildman–Crippen LogP) is 3.44. The quantitative estimate of drug-likeness (QED) is 0.412. The van der Waals surface area contributed by atoms with E-state index in [9.17, 15) is 4.79 Å². The molecule has 0 aliphatic heterocycles. The van der Waals surface area contributed by atoms with E-state index in [1.165, 1.54) is 0 Å². The molecule has 0 fully saturated rings. The van der Waals surface area contributed by atoms with Crippen molar-refractivity contribution in [2.75, 3.05) is 6.61 Å². The third kappa shape index (κ3) is 4.46. The van der Waals surface area contributed by atoms with Crippen LogP contribution in [0.5, 0.6) is 5.75 Å². The van der Waals surface area contributed by atoms with Crippen LogP contribution in [0.15, 0.2) is 72.0 Å². The Morgan fingerprint density at radius 2 is 1.93 bits per heavy atom. The lowest BCUT2D eigenvalue weighted by molar-refractivity contribution is 0.0526. The number of amidine groups is 1. The van der Waals surface area contributed by atoms with Crippen molar-refractivity contribution in [3.63, 3.8) is 0 Å². The number of aromatic amines is 1. The smallest absolute Gasteiger partial charge is 0.340 e. The van der Waals surface area contributed by atoms with Crippen LogP contribution in [-0.2, 0) is 4.74 Å². The Kier molecular flexibility index (Phi) is 5.73. The third-order valence-electron chi connectivity index (χ3n) is 3.53. The molecule has 7 heteroatoms. The number of nitrogens with one attached hydrogen (secondary N) is 2. The number of pyridine rings is 1. The summed E-state index contributed by atoms with van der Waals surface area (Å²) in [5, 5.41) is 8.23. The number of rotatable bonds is 5. The molecule has 7 nitrogen and oxygen atoms in total. The average molecular weight is 362 g/mol. The molecule has 2 N–H and O–H groups in total. The number of esters is 1. The van der Waals surface area contributed by atoms with Crippen LogP contribution >= 0.6 is 0 Å². The molecule has 0 amide bonds. The van der Waals surface area contributed by atoms with Crippen LogP contribution in [0.25, 0.3) is 0 Å². The van der Waals surface area contributed by atoms with Gasteiger partial charge in [-0.3, -0.25) is 10.4 Å². The van der Waals surface area contributed by atoms with Gasteiger partial charge in [0.25, 0.3) is 0 Å². The number of carbonyl (C=O) groups is 1. The highest BCUT2D eigenvalue weighted by molar-refractivity contribution is 6.11. The molecule has 0 aliphatic carbocycles. The number of hydrogen-bond donors (Lipinski definition) is 2. The molecule has 27 heavy (non-hydrogen) atoms. The highest BCUT2D eigenvalue weighted by Gasteiger charge is 2.21. The first-order valence-corrected chi connectivity index (χ1v) is 8.35. The first-order valence-electron chi connectivity index (χ1n) is 8.35. The van der Waals surface area contributed by atoms with E-state index in [1.807, 2.05) is 18.2 Å². The summed E-state index contributed by atoms with van der Waals surface area (Å²) in [6.07, 6.45) is 3.17. The van der Waals surface area contributed by atoms with Crippen LogP contribution in [0.4, 0.5) is 0 Å². The Labute approximate surface area is 156 Å². The summed E-state index contributed by atoms with van der Waals surface area (Å²) < 4.78 is 10.9. The Hall–Kier alpha value is -3.74. The molecule has 3 rings (SSSR count). The van der Waals surface area contributed by atoms with Gasteiger partial charge in [0, 0.05) is 12.4 Å². The fraction of sp³-hybridized carbons (Fsp3) is 0.100. The second-order valence-corrected chi connectivity index (χ2v) is 5.38. The molecular formula is C20H18N4O3. The molecule has 0 spiro atoms. The van der Waals surface area contributed by atoms with Crippen LogP contribution < -0.4 is 4.74 Å². The maximum Gasteiger partial charge on any atom is 0.340 e. The first kappa shape index (κ1) is 18.1. The fourth-order valence-electron chi connectivity index (χ4n) is 2.32. The summed E-state index contributed by atoms with van der Waals surface area (Å²) in [7, 11) is 0. The molecule has 0 unspecified atom stereocenters. The standard InChI is InChI=1S/C20H18N4O3/c1-2-26-20(25)15-11-13-23-17(15)19(27-14-8-4-3-5-9-14)24-18(21)16-10-6-7-12-22-16/h3-13,21,23H,2H2,1H3/b21-18?,24-19+. The molecule has 1 aromatic carbocycles. The van der Waals surface area contributed by atoms with Gasteiger partial charge in [-0.1, -0.05) is 24.3 Å². The molecule has 0 aliphatic rings. The maximum atomic E-state index is 12.2. The molecule has 0 radical (unpaired) electrons. The lowest BCUT2D eigenvalue weighted by atomic mass is 10.2. The van der Waals surface area contributed by atoms with Crippen molar-refractivity contribution >= 4 is 17.7 Å². The van der Waals surface area contributed by atoms with Gasteiger partial charge in [0.15, 0.2) is 5.84 Å². The van der Waals surface area contributed by atoms with Gasteiger partial charge < -0.3 is 14.5 Å². The molecule has 0 saturated heterocycles. The van der Waals surface area contributed by atoms with E-state index in [2.05, 4.69) is 15.0 Å². The minimum atomic E-state index is -0.498. The van der Waals surface area contributed by atoms with Crippen LogP contribution in [0.2, 0.25) is 0 Å². The molecule has 0 atom stereocenters. The lowest BCUT2D eigenvalue weighted by Crippen LogP contribution is -2.18. The Morgan fingerprint density at radius 3 is 2.63 bits per heavy atom. The number of para-hydroxylation sites is 1. The predicted molar refractivity (Wildman–Crippen MR) is 101 cm³/mol. The van der Waals surface area contributed by atoms with Crippen molar-refractivity contribution in [2.45, 2.75) is 6.92 Å². The van der Waals surface area contributed by atoms with Crippen molar-refractivity contribution in [3.8, 4) is 5.75 Å². The van der Waals surface area contributed by atoms with Crippen molar-refractivity contribution in [1.29, 1.82) is 5.41 Å². The molecule has 136 valence electrons. The molecule has 3 aromatic rings. The van der Waals surface area contributed by atoms with E-state index in [4.69, 9.17) is 14.9 Å². The van der Waals surface area contributed by atoms with Gasteiger partial charge in [0.05, 0.1) is 12.2 Å². The van der Waals surface area contributed by atoms with E-state index >= 15 is 0 Å². The fourth-order valence-corrected chi connectivity index (χ4v) is 2.32. The van der Waals surface area contributed by atoms with Crippen LogP contribution in [0.1, 0.15) is 28.7 Å². The summed E-state index contributed by atoms with van der Waals surface area (Å²) in [6, 6.07) is 15.8. The summed E-state index contributed by atoms with van der Waals surface area (Å²) in [5.74, 6) is 0.00723. The van der Waals surface area contributed by atoms with Crippen molar-refractivity contribution in [3.05, 3.63) is 83.9 Å². The van der Waals surface area contributed by atoms with Crippen LogP contribution in [-0.4, -0.2) is 34.3 Å². The minimum absolute atomic E-state index is 0.0740. The summed E-state index contributed by atoms with van der Waals surface area (Å²) in [4.78, 5) is 23.6. The number of benzene rings is 1. The van der Waals surface area contributed by atoms with E-state index in [1.54, 1.807) is 55.7 Å². The highest BCUT2D eigenvalue weighted by atomic mass is 16.5. The zero-order chi connectivity index (χ0) is 19.1. The second-order valence-electron chi connectivity index (χ2n) is 5.38. The minimum Gasteiger partial charge on any atom is -0.462 e. The topological polar surface area (TPSA) is 100 Å². The van der Waals surface area contributed by atoms with Crippen molar-refractivity contribution in [1.82, 2.24) is 9.97 Å². The average Bonchev–Trinajstić information content (AvgIpc) is 3.19. The summed E-state index contributed by atoms with van der Waals surface area (Å²) in [6.45, 7) is 1.98. The van der Waals surface area contributed by atoms with Gasteiger partial charge >= 0.3 is 5.97 Å². The Bertz CT molecular complexity index is 950. The summed E-state index contributed by atoms with van der Waals surface area (Å²) >= 11 is 0. The SMILES string of the molecule is CCOC(=O)c1cc[nH]c1/C(=N\C(=N)c1ccccn1)Oc1ccccc1. The molecule has 2 aromatic heterocycles. The molecular weight excluding hydrogens is 344 g/mol. The van der Waals surface area contributed by atoms with E-state index in [0.29, 0.717) is 17.1 Å². The first-order chi connectivity index (χ1) is 13.2. The van der Waals surface area contributed by atoms with Crippen LogP contribution in [0, 0.1) is 5.41 Å². The molecule has 2 heterocycles. The number of carbonyl (C=O) groups excluding carboxylic acids is 1. The highest BCUT2D eigenvalue weighted by Crippen LogP contribution is 2.16. The monoisotopic (exact) mass is 362 g/mol. The number of ether oxygens (including phenoxy) is 2. The van der Waals surface area contributed by atoms with Crippen LogP contribution in [0.3, 0.4) is 0 Å². The normalized spacial score (nSPS) is 11.1. The van der Waals surface area contributed by atoms with E-state index < -0.39 is 5.97 Å². The lowest BCUT2D eigenvalue weighted by Gasteiger charge is -2.10. The number of aliphatic imine (C=N–C) groups is 1. The largest absolute Gasteiger partial charge is 0.462 e. The van der Waals surface area contributed by atoms with Gasteiger partial charge in [0.1, 0.15) is 17.1 Å². The summed E-state index contributed by atoms with van der Waals surface area (Å²) in [5.41, 5.74) is 0.995. The number of nitrogens with zero attached hydrogens (tertiary/aromatic N) is 2. The molecule has 0 bridgehead atoms. The van der Waals surface area contributed by atoms with Gasteiger partial charge in [-0.2, -0.15) is 4.99 Å². The zero-order valence-corrected chi connectivity index (χ0v) is 14.7. The Balaban J connectivity index is 2.01. The van der Waals surface area contributed by atoms with Crippen molar-refractivity contribution < 1.29 is 14.3 Å². The Morgan fingerprint density at radius 1 is 1.15 bits per heavy atom. The number of hydrogen-bond acceptors (Lipinski definition) is 5. The van der Waals surface area contributed by atoms with E-state index in [0.717, 1.165) is 0 Å². The van der Waals surface area contributed by atoms with Gasteiger partial charge in [-0.05, 0) is 37.3 Å². The van der Waals surface area contributed by atoms with Gasteiger partial charge in [0.2, 0.25) is 5.90 Å². The van der Waals surface area contributed by atoms with E-state index in [-0.39, 0.29) is 23.9 Å².